The highest BCUT2D eigenvalue weighted by molar-refractivity contribution is 5.93. The molecule has 0 bridgehead atoms. The third-order valence-electron chi connectivity index (χ3n) is 3.91. The summed E-state index contributed by atoms with van der Waals surface area (Å²) in [4.78, 5) is 25.1. The minimum atomic E-state index is -0.555. The lowest BCUT2D eigenvalue weighted by atomic mass is 10.1. The van der Waals surface area contributed by atoms with Gasteiger partial charge in [-0.05, 0) is 37.5 Å². The van der Waals surface area contributed by atoms with E-state index in [1.165, 1.54) is 23.1 Å². The maximum absolute atomic E-state index is 13.9. The number of amides is 3. The van der Waals surface area contributed by atoms with Crippen molar-refractivity contribution in [3.05, 3.63) is 24.0 Å². The fraction of sp³-hybridized carbons (Fsp3) is 0.529. The van der Waals surface area contributed by atoms with Crippen LogP contribution in [0.5, 0.6) is 0 Å². The van der Waals surface area contributed by atoms with Crippen molar-refractivity contribution in [1.82, 2.24) is 4.90 Å². The van der Waals surface area contributed by atoms with Crippen LogP contribution in [0, 0.1) is 5.82 Å². The molecule has 0 aromatic heterocycles. The first-order valence-electron chi connectivity index (χ1n) is 8.22. The molecule has 2 rings (SSSR count). The van der Waals surface area contributed by atoms with Crippen molar-refractivity contribution in [2.75, 3.05) is 30.8 Å². The van der Waals surface area contributed by atoms with Crippen LogP contribution >= 0.6 is 0 Å². The number of ether oxygens (including phenoxy) is 1. The molecule has 0 unspecified atom stereocenters. The van der Waals surface area contributed by atoms with E-state index in [9.17, 15) is 14.0 Å². The predicted molar refractivity (Wildman–Crippen MR) is 90.6 cm³/mol. The molecule has 1 aliphatic rings. The number of nitrogens with one attached hydrogen (secondary N) is 2. The topological polar surface area (TPSA) is 70.7 Å². The van der Waals surface area contributed by atoms with Gasteiger partial charge in [0.15, 0.2) is 0 Å². The van der Waals surface area contributed by atoms with Gasteiger partial charge in [0.05, 0.1) is 11.8 Å². The van der Waals surface area contributed by atoms with Crippen molar-refractivity contribution in [3.63, 3.8) is 0 Å². The lowest BCUT2D eigenvalue weighted by molar-refractivity contribution is -0.115. The highest BCUT2D eigenvalue weighted by atomic mass is 19.1. The van der Waals surface area contributed by atoms with E-state index < -0.39 is 11.8 Å². The third-order valence-corrected chi connectivity index (χ3v) is 3.91. The second kappa shape index (κ2) is 8.63. The molecule has 1 fully saturated rings. The van der Waals surface area contributed by atoms with Gasteiger partial charge >= 0.3 is 6.03 Å². The minimum absolute atomic E-state index is 0.0227. The summed E-state index contributed by atoms with van der Waals surface area (Å²) in [5, 5.41) is 5.17. The number of urea groups is 1. The number of rotatable bonds is 5. The van der Waals surface area contributed by atoms with Crippen LogP contribution in [0.1, 0.15) is 32.6 Å². The summed E-state index contributed by atoms with van der Waals surface area (Å²) in [5.41, 5.74) is 0.474. The highest BCUT2D eigenvalue weighted by Crippen LogP contribution is 2.20. The molecule has 1 atom stereocenters. The number of anilines is 2. The zero-order valence-corrected chi connectivity index (χ0v) is 14.1. The number of likely N-dealkylation sites (N-methyl/N-ethyl adjacent to an activating group) is 1. The third kappa shape index (κ3) is 5.19. The van der Waals surface area contributed by atoms with Gasteiger partial charge in [-0.2, -0.15) is 0 Å². The van der Waals surface area contributed by atoms with Crippen LogP contribution in [0.2, 0.25) is 0 Å². The van der Waals surface area contributed by atoms with E-state index in [0.29, 0.717) is 25.3 Å². The molecule has 7 heteroatoms. The van der Waals surface area contributed by atoms with E-state index in [-0.39, 0.29) is 17.7 Å². The first-order chi connectivity index (χ1) is 11.5. The summed E-state index contributed by atoms with van der Waals surface area (Å²) in [6.45, 7) is 2.90. The van der Waals surface area contributed by atoms with Gasteiger partial charge in [0.1, 0.15) is 5.82 Å². The summed E-state index contributed by atoms with van der Waals surface area (Å²) in [7, 11) is 1.65. The summed E-state index contributed by atoms with van der Waals surface area (Å²) in [5.74, 6) is -0.731. The summed E-state index contributed by atoms with van der Waals surface area (Å²) in [6.07, 6.45) is 3.41. The number of benzene rings is 1. The van der Waals surface area contributed by atoms with Crippen molar-refractivity contribution in [2.45, 2.75) is 38.7 Å². The maximum Gasteiger partial charge on any atom is 0.321 e. The van der Waals surface area contributed by atoms with Crippen molar-refractivity contribution < 1.29 is 18.7 Å². The largest absolute Gasteiger partial charge is 0.376 e. The molecule has 1 aliphatic heterocycles. The fourth-order valence-corrected chi connectivity index (χ4v) is 2.50. The van der Waals surface area contributed by atoms with Gasteiger partial charge in [-0.25, -0.2) is 9.18 Å². The van der Waals surface area contributed by atoms with Gasteiger partial charge in [-0.1, -0.05) is 6.92 Å². The Morgan fingerprint density at radius 3 is 2.79 bits per heavy atom. The van der Waals surface area contributed by atoms with E-state index >= 15 is 0 Å². The second-order valence-electron chi connectivity index (χ2n) is 5.90. The van der Waals surface area contributed by atoms with Crippen molar-refractivity contribution in [3.8, 4) is 0 Å². The minimum Gasteiger partial charge on any atom is -0.376 e. The van der Waals surface area contributed by atoms with E-state index in [1.54, 1.807) is 14.0 Å². The van der Waals surface area contributed by atoms with E-state index in [2.05, 4.69) is 10.6 Å². The Morgan fingerprint density at radius 2 is 2.12 bits per heavy atom. The maximum atomic E-state index is 13.9. The fourth-order valence-electron chi connectivity index (χ4n) is 2.50. The van der Waals surface area contributed by atoms with Crippen molar-refractivity contribution in [1.29, 1.82) is 0 Å². The molecule has 132 valence electrons. The second-order valence-corrected chi connectivity index (χ2v) is 5.90. The molecule has 2 N–H and O–H groups in total. The van der Waals surface area contributed by atoms with Crippen molar-refractivity contribution in [2.24, 2.45) is 0 Å². The summed E-state index contributed by atoms with van der Waals surface area (Å²) < 4.78 is 19.5. The Bertz CT molecular complexity index is 588. The first-order valence-corrected chi connectivity index (χ1v) is 8.22. The van der Waals surface area contributed by atoms with Crippen LogP contribution in [0.3, 0.4) is 0 Å². The number of carbonyl (C=O) groups excluding carboxylic acids is 2. The van der Waals surface area contributed by atoms with Crippen LogP contribution in [-0.2, 0) is 9.53 Å². The van der Waals surface area contributed by atoms with E-state index in [4.69, 9.17) is 4.74 Å². The Labute approximate surface area is 141 Å². The van der Waals surface area contributed by atoms with E-state index in [0.717, 1.165) is 19.3 Å². The molecule has 6 nitrogen and oxygen atoms in total. The molecule has 0 saturated carbocycles. The van der Waals surface area contributed by atoms with Crippen molar-refractivity contribution >= 4 is 23.3 Å². The standard InChI is InChI=1S/C17H24FN3O3/c1-3-16(22)19-12-7-8-14(18)15(10-12)20-17(23)21(2)11-13-6-4-5-9-24-13/h7-8,10,13H,3-6,9,11H2,1-2H3,(H,19,22)(H,20,23)/t13-/m0/s1. The Kier molecular flexibility index (Phi) is 6.54. The first kappa shape index (κ1) is 18.2. The molecule has 1 aromatic rings. The highest BCUT2D eigenvalue weighted by Gasteiger charge is 2.19. The van der Waals surface area contributed by atoms with Gasteiger partial charge in [0.2, 0.25) is 5.91 Å². The predicted octanol–water partition coefficient (Wildman–Crippen LogP) is 3.21. The molecule has 0 aliphatic carbocycles. The van der Waals surface area contributed by atoms with Gasteiger partial charge in [-0.3, -0.25) is 4.79 Å². The SMILES string of the molecule is CCC(=O)Nc1ccc(F)c(NC(=O)N(C)C[C@@H]2CCCCO2)c1. The Morgan fingerprint density at radius 1 is 1.33 bits per heavy atom. The quantitative estimate of drug-likeness (QED) is 0.867. The zero-order valence-electron chi connectivity index (χ0n) is 14.1. The van der Waals surface area contributed by atoms with Crippen LogP contribution in [0.4, 0.5) is 20.6 Å². The Hall–Kier alpha value is -2.15. The molecule has 24 heavy (non-hydrogen) atoms. The Balaban J connectivity index is 1.96. The lowest BCUT2D eigenvalue weighted by Gasteiger charge is -2.27. The zero-order chi connectivity index (χ0) is 17.5. The van der Waals surface area contributed by atoms with Crippen LogP contribution < -0.4 is 10.6 Å². The lowest BCUT2D eigenvalue weighted by Crippen LogP contribution is -2.39. The number of hydrogen-bond acceptors (Lipinski definition) is 3. The molecule has 0 spiro atoms. The number of carbonyl (C=O) groups is 2. The average Bonchev–Trinajstić information content (AvgIpc) is 2.58. The van der Waals surface area contributed by atoms with Gasteiger partial charge in [0, 0.05) is 32.3 Å². The van der Waals surface area contributed by atoms with Crippen LogP contribution in [0.15, 0.2) is 18.2 Å². The molecule has 1 saturated heterocycles. The normalized spacial score (nSPS) is 17.2. The smallest absolute Gasteiger partial charge is 0.321 e. The van der Waals surface area contributed by atoms with Gasteiger partial charge < -0.3 is 20.3 Å². The summed E-state index contributed by atoms with van der Waals surface area (Å²) in [6, 6.07) is 3.66. The summed E-state index contributed by atoms with van der Waals surface area (Å²) >= 11 is 0. The molecule has 1 heterocycles. The van der Waals surface area contributed by atoms with Gasteiger partial charge in [0.25, 0.3) is 0 Å². The molecule has 0 radical (unpaired) electrons. The van der Waals surface area contributed by atoms with Crippen LogP contribution in [0.25, 0.3) is 0 Å². The number of nitrogens with zero attached hydrogens (tertiary/aromatic N) is 1. The number of halogens is 1. The molecule has 3 amide bonds. The van der Waals surface area contributed by atoms with Gasteiger partial charge in [-0.15, -0.1) is 0 Å². The van der Waals surface area contributed by atoms with E-state index in [1.807, 2.05) is 0 Å². The molecule has 1 aromatic carbocycles. The average molecular weight is 337 g/mol. The van der Waals surface area contributed by atoms with Crippen LogP contribution in [-0.4, -0.2) is 43.1 Å². The molecular weight excluding hydrogens is 313 g/mol. The molecular formula is C17H24FN3O3. The monoisotopic (exact) mass is 337 g/mol. The number of hydrogen-bond donors (Lipinski definition) is 2.